The van der Waals surface area contributed by atoms with Crippen molar-refractivity contribution in [3.8, 4) is 0 Å². The van der Waals surface area contributed by atoms with Gasteiger partial charge in [-0.15, -0.1) is 0 Å². The first-order valence-electron chi connectivity index (χ1n) is 5.41. The first-order valence-corrected chi connectivity index (χ1v) is 7.23. The van der Waals surface area contributed by atoms with Gasteiger partial charge in [-0.3, -0.25) is 4.79 Å². The molecular formula is C11H14O5S. The lowest BCUT2D eigenvalue weighted by atomic mass is 10.0. The number of carbonyl (C=O) groups is 1. The number of furan rings is 1. The average Bonchev–Trinajstić information content (AvgIpc) is 2.48. The molecular weight excluding hydrogens is 244 g/mol. The number of hydrogen-bond donors (Lipinski definition) is 1. The lowest BCUT2D eigenvalue weighted by molar-refractivity contribution is -0.136. The predicted octanol–water partition coefficient (Wildman–Crippen LogP) is 1.08. The Hall–Kier alpha value is -1.30. The Kier molecular flexibility index (Phi) is 2.99. The quantitative estimate of drug-likeness (QED) is 0.876. The monoisotopic (exact) mass is 258 g/mol. The van der Waals surface area contributed by atoms with Gasteiger partial charge in [0, 0.05) is 6.42 Å². The molecule has 6 heteroatoms. The largest absolute Gasteiger partial charge is 0.481 e. The van der Waals surface area contributed by atoms with Crippen LogP contribution in [0.2, 0.25) is 0 Å². The number of aliphatic carboxylic acids is 1. The van der Waals surface area contributed by atoms with E-state index in [0.717, 1.165) is 11.1 Å². The highest BCUT2D eigenvalue weighted by molar-refractivity contribution is 7.90. The molecule has 2 heterocycles. The van der Waals surface area contributed by atoms with Gasteiger partial charge >= 0.3 is 5.97 Å². The van der Waals surface area contributed by atoms with Gasteiger partial charge in [0.05, 0.1) is 5.75 Å². The predicted molar refractivity (Wildman–Crippen MR) is 60.6 cm³/mol. The van der Waals surface area contributed by atoms with E-state index in [4.69, 9.17) is 9.52 Å². The van der Waals surface area contributed by atoms with E-state index in [9.17, 15) is 13.2 Å². The second-order valence-corrected chi connectivity index (χ2v) is 6.46. The van der Waals surface area contributed by atoms with Crippen LogP contribution in [0.15, 0.2) is 4.42 Å². The van der Waals surface area contributed by atoms with Gasteiger partial charge in [-0.2, -0.15) is 0 Å². The number of fused-ring (bicyclic) bond motifs is 1. The van der Waals surface area contributed by atoms with E-state index < -0.39 is 15.8 Å². The smallest absolute Gasteiger partial charge is 0.303 e. The lowest BCUT2D eigenvalue weighted by Gasteiger charge is -2.11. The number of aryl methyl sites for hydroxylation is 1. The molecule has 0 atom stereocenters. The third kappa shape index (κ3) is 2.52. The summed E-state index contributed by atoms with van der Waals surface area (Å²) in [4.78, 5) is 10.6. The molecule has 1 aliphatic rings. The van der Waals surface area contributed by atoms with Gasteiger partial charge in [0.1, 0.15) is 17.3 Å². The van der Waals surface area contributed by atoms with Crippen LogP contribution in [0, 0.1) is 6.92 Å². The fraction of sp³-hybridized carbons (Fsp3) is 0.545. The molecule has 0 bridgehead atoms. The Morgan fingerprint density at radius 1 is 1.47 bits per heavy atom. The molecule has 5 nitrogen and oxygen atoms in total. The molecule has 0 saturated carbocycles. The number of hydrogen-bond acceptors (Lipinski definition) is 4. The van der Waals surface area contributed by atoms with Crippen molar-refractivity contribution in [1.29, 1.82) is 0 Å². The van der Waals surface area contributed by atoms with Crippen LogP contribution >= 0.6 is 0 Å². The standard InChI is InChI=1S/C11H14O5S/c1-7-8(2-3-11(12)13)9-4-5-17(14,15)6-10(9)16-7/h2-6H2,1H3,(H,12,13). The first kappa shape index (κ1) is 12.2. The molecule has 17 heavy (non-hydrogen) atoms. The number of sulfone groups is 1. The zero-order valence-electron chi connectivity index (χ0n) is 9.52. The van der Waals surface area contributed by atoms with Gasteiger partial charge in [0.15, 0.2) is 9.84 Å². The Morgan fingerprint density at radius 2 is 2.18 bits per heavy atom. The Balaban J connectivity index is 2.30. The molecule has 1 aliphatic heterocycles. The second-order valence-electron chi connectivity index (χ2n) is 4.27. The van der Waals surface area contributed by atoms with Crippen molar-refractivity contribution in [2.24, 2.45) is 0 Å². The third-order valence-corrected chi connectivity index (χ3v) is 4.53. The van der Waals surface area contributed by atoms with Crippen LogP contribution in [0.3, 0.4) is 0 Å². The van der Waals surface area contributed by atoms with E-state index in [1.165, 1.54) is 0 Å². The molecule has 1 aromatic heterocycles. The zero-order valence-corrected chi connectivity index (χ0v) is 10.3. The Morgan fingerprint density at radius 3 is 2.82 bits per heavy atom. The van der Waals surface area contributed by atoms with Crippen LogP contribution < -0.4 is 0 Å². The Bertz CT molecular complexity index is 553. The number of carboxylic acids is 1. The van der Waals surface area contributed by atoms with Crippen molar-refractivity contribution in [3.05, 3.63) is 22.6 Å². The maximum absolute atomic E-state index is 11.4. The van der Waals surface area contributed by atoms with E-state index >= 15 is 0 Å². The van der Waals surface area contributed by atoms with Gasteiger partial charge in [-0.05, 0) is 30.9 Å². The molecule has 1 N–H and O–H groups in total. The molecule has 0 saturated heterocycles. The molecule has 0 aliphatic carbocycles. The van der Waals surface area contributed by atoms with Gasteiger partial charge < -0.3 is 9.52 Å². The molecule has 0 aromatic carbocycles. The van der Waals surface area contributed by atoms with Crippen molar-refractivity contribution < 1.29 is 22.7 Å². The van der Waals surface area contributed by atoms with Gasteiger partial charge in [-0.1, -0.05) is 0 Å². The summed E-state index contributed by atoms with van der Waals surface area (Å²) in [5, 5.41) is 8.66. The Labute approximate surface area is 99.4 Å². The minimum Gasteiger partial charge on any atom is -0.481 e. The van der Waals surface area contributed by atoms with E-state index in [1.807, 2.05) is 0 Å². The summed E-state index contributed by atoms with van der Waals surface area (Å²) in [6.07, 6.45) is 0.879. The van der Waals surface area contributed by atoms with Crippen molar-refractivity contribution in [2.45, 2.75) is 31.9 Å². The van der Waals surface area contributed by atoms with Crippen molar-refractivity contribution in [3.63, 3.8) is 0 Å². The fourth-order valence-electron chi connectivity index (χ4n) is 2.18. The van der Waals surface area contributed by atoms with E-state index in [-0.39, 0.29) is 17.9 Å². The van der Waals surface area contributed by atoms with Crippen molar-refractivity contribution in [1.82, 2.24) is 0 Å². The second kappa shape index (κ2) is 4.18. The van der Waals surface area contributed by atoms with E-state index in [2.05, 4.69) is 0 Å². The van der Waals surface area contributed by atoms with Gasteiger partial charge in [-0.25, -0.2) is 8.42 Å². The summed E-state index contributed by atoms with van der Waals surface area (Å²) in [7, 11) is -3.04. The van der Waals surface area contributed by atoms with Crippen LogP contribution in [0.4, 0.5) is 0 Å². The minimum absolute atomic E-state index is 0.0412. The summed E-state index contributed by atoms with van der Waals surface area (Å²) in [6.45, 7) is 1.75. The van der Waals surface area contributed by atoms with Gasteiger partial charge in [0.25, 0.3) is 0 Å². The molecule has 0 radical (unpaired) electrons. The van der Waals surface area contributed by atoms with Crippen molar-refractivity contribution in [2.75, 3.05) is 5.75 Å². The molecule has 0 fully saturated rings. The fourth-order valence-corrected chi connectivity index (χ4v) is 3.48. The third-order valence-electron chi connectivity index (χ3n) is 3.01. The lowest BCUT2D eigenvalue weighted by Crippen LogP contribution is -2.18. The highest BCUT2D eigenvalue weighted by Gasteiger charge is 2.28. The highest BCUT2D eigenvalue weighted by atomic mass is 32.2. The maximum atomic E-state index is 11.4. The highest BCUT2D eigenvalue weighted by Crippen LogP contribution is 2.29. The maximum Gasteiger partial charge on any atom is 0.303 e. The van der Waals surface area contributed by atoms with Gasteiger partial charge in [0.2, 0.25) is 0 Å². The van der Waals surface area contributed by atoms with Crippen LogP contribution in [0.5, 0.6) is 0 Å². The van der Waals surface area contributed by atoms with Crippen molar-refractivity contribution >= 4 is 15.8 Å². The van der Waals surface area contributed by atoms with Crippen LogP contribution in [0.25, 0.3) is 0 Å². The molecule has 1 aromatic rings. The van der Waals surface area contributed by atoms with Crippen LogP contribution in [0.1, 0.15) is 29.1 Å². The van der Waals surface area contributed by atoms with Crippen LogP contribution in [-0.4, -0.2) is 25.2 Å². The average molecular weight is 258 g/mol. The molecule has 0 spiro atoms. The minimum atomic E-state index is -3.04. The molecule has 0 amide bonds. The van der Waals surface area contributed by atoms with E-state index in [0.29, 0.717) is 24.4 Å². The molecule has 2 rings (SSSR count). The topological polar surface area (TPSA) is 84.6 Å². The van der Waals surface area contributed by atoms with Crippen LogP contribution in [-0.2, 0) is 33.2 Å². The summed E-state index contributed by atoms with van der Waals surface area (Å²) in [6, 6.07) is 0. The number of carboxylic acid groups (broad SMARTS) is 1. The molecule has 94 valence electrons. The first-order chi connectivity index (χ1) is 7.89. The SMILES string of the molecule is Cc1oc2c(c1CCC(=O)O)CCS(=O)(=O)C2. The summed E-state index contributed by atoms with van der Waals surface area (Å²) in [5.41, 5.74) is 1.77. The number of rotatable bonds is 3. The van der Waals surface area contributed by atoms with E-state index in [1.54, 1.807) is 6.92 Å². The summed E-state index contributed by atoms with van der Waals surface area (Å²) >= 11 is 0. The zero-order chi connectivity index (χ0) is 12.6. The normalized spacial score (nSPS) is 17.7. The summed E-state index contributed by atoms with van der Waals surface area (Å²) < 4.78 is 28.3. The summed E-state index contributed by atoms with van der Waals surface area (Å²) in [5.74, 6) is 0.347. The molecule has 0 unspecified atom stereocenters.